The van der Waals surface area contributed by atoms with Crippen molar-refractivity contribution < 1.29 is 4.74 Å². The molecular formula is C8H6NO. The van der Waals surface area contributed by atoms with Gasteiger partial charge in [-0.3, -0.25) is 4.98 Å². The van der Waals surface area contributed by atoms with Crippen LogP contribution in [0.3, 0.4) is 0 Å². The Bertz CT molecular complexity index is 268. The van der Waals surface area contributed by atoms with Gasteiger partial charge in [-0.05, 0) is 12.1 Å². The number of pyridine rings is 1. The van der Waals surface area contributed by atoms with Crippen LogP contribution in [0.1, 0.15) is 5.56 Å². The van der Waals surface area contributed by atoms with Crippen molar-refractivity contribution >= 4 is 6.08 Å². The molecule has 0 fully saturated rings. The fourth-order valence-corrected chi connectivity index (χ4v) is 0.912. The third-order valence-electron chi connectivity index (χ3n) is 1.39. The molecule has 0 saturated carbocycles. The molecule has 0 N–H and O–H groups in total. The molecule has 1 radical (unpaired) electrons. The maximum atomic E-state index is 5.25. The van der Waals surface area contributed by atoms with Crippen LogP contribution in [0.5, 0.6) is 5.75 Å². The maximum absolute atomic E-state index is 5.25. The standard InChI is InChI=1S/C8H6NO/c1-2-7-3-4-9-6-8(7)10-5-1/h1-3,6H,5H2. The van der Waals surface area contributed by atoms with E-state index in [0.717, 1.165) is 11.3 Å². The summed E-state index contributed by atoms with van der Waals surface area (Å²) >= 11 is 0. The van der Waals surface area contributed by atoms with Crippen molar-refractivity contribution in [3.8, 4) is 5.75 Å². The molecule has 0 aliphatic carbocycles. The minimum absolute atomic E-state index is 0.651. The Labute approximate surface area is 59.2 Å². The molecule has 10 heavy (non-hydrogen) atoms. The number of nitrogens with zero attached hydrogens (tertiary/aromatic N) is 1. The molecule has 0 aromatic carbocycles. The summed E-state index contributed by atoms with van der Waals surface area (Å²) in [6.07, 6.45) is 8.40. The normalized spacial score (nSPS) is 14.0. The van der Waals surface area contributed by atoms with Crippen LogP contribution in [0, 0.1) is 6.20 Å². The van der Waals surface area contributed by atoms with Gasteiger partial charge >= 0.3 is 0 Å². The maximum Gasteiger partial charge on any atom is 0.145 e. The zero-order valence-electron chi connectivity index (χ0n) is 5.37. The molecule has 2 heterocycles. The molecule has 2 heteroatoms. The minimum Gasteiger partial charge on any atom is -0.487 e. The summed E-state index contributed by atoms with van der Waals surface area (Å²) in [6, 6.07) is 1.81. The van der Waals surface area contributed by atoms with Crippen LogP contribution in [-0.4, -0.2) is 11.6 Å². The zero-order valence-corrected chi connectivity index (χ0v) is 5.37. The van der Waals surface area contributed by atoms with Crippen molar-refractivity contribution in [1.29, 1.82) is 0 Å². The smallest absolute Gasteiger partial charge is 0.145 e. The summed E-state index contributed by atoms with van der Waals surface area (Å²) < 4.78 is 5.25. The van der Waals surface area contributed by atoms with Gasteiger partial charge in [0.15, 0.2) is 0 Å². The molecule has 2 nitrogen and oxygen atoms in total. The lowest BCUT2D eigenvalue weighted by Crippen LogP contribution is -1.99. The predicted molar refractivity (Wildman–Crippen MR) is 37.6 cm³/mol. The summed E-state index contributed by atoms with van der Waals surface area (Å²) in [4.78, 5) is 3.81. The fourth-order valence-electron chi connectivity index (χ4n) is 0.912. The lowest BCUT2D eigenvalue weighted by molar-refractivity contribution is 0.357. The quantitative estimate of drug-likeness (QED) is 0.530. The monoisotopic (exact) mass is 132 g/mol. The molecule has 0 atom stereocenters. The Morgan fingerprint density at radius 1 is 1.60 bits per heavy atom. The minimum atomic E-state index is 0.651. The molecule has 1 aliphatic heterocycles. The van der Waals surface area contributed by atoms with E-state index in [1.54, 1.807) is 6.20 Å². The number of hydrogen-bond donors (Lipinski definition) is 0. The Hall–Kier alpha value is -1.31. The van der Waals surface area contributed by atoms with Gasteiger partial charge in [0, 0.05) is 5.56 Å². The van der Waals surface area contributed by atoms with Crippen LogP contribution in [0.25, 0.3) is 6.08 Å². The van der Waals surface area contributed by atoms with Crippen molar-refractivity contribution in [2.24, 2.45) is 0 Å². The molecule has 1 aromatic heterocycles. The van der Waals surface area contributed by atoms with Crippen molar-refractivity contribution in [2.75, 3.05) is 6.61 Å². The van der Waals surface area contributed by atoms with Crippen molar-refractivity contribution in [3.05, 3.63) is 30.1 Å². The molecule has 0 spiro atoms. The first kappa shape index (κ1) is 5.47. The van der Waals surface area contributed by atoms with E-state index in [1.165, 1.54) is 0 Å². The number of hydrogen-bond acceptors (Lipinski definition) is 2. The molecule has 1 aliphatic rings. The van der Waals surface area contributed by atoms with Crippen LogP contribution < -0.4 is 4.74 Å². The van der Waals surface area contributed by atoms with Crippen LogP contribution in [-0.2, 0) is 0 Å². The number of ether oxygens (including phenoxy) is 1. The Morgan fingerprint density at radius 2 is 2.60 bits per heavy atom. The van der Waals surface area contributed by atoms with E-state index in [1.807, 2.05) is 18.2 Å². The third kappa shape index (κ3) is 0.778. The molecular weight excluding hydrogens is 126 g/mol. The second kappa shape index (κ2) is 2.14. The van der Waals surface area contributed by atoms with E-state index < -0.39 is 0 Å². The Morgan fingerprint density at radius 3 is 3.50 bits per heavy atom. The van der Waals surface area contributed by atoms with E-state index in [9.17, 15) is 0 Å². The van der Waals surface area contributed by atoms with E-state index in [2.05, 4.69) is 11.2 Å². The van der Waals surface area contributed by atoms with Crippen LogP contribution >= 0.6 is 0 Å². The fraction of sp³-hybridized carbons (Fsp3) is 0.125. The largest absolute Gasteiger partial charge is 0.487 e. The molecule has 0 unspecified atom stereocenters. The lowest BCUT2D eigenvalue weighted by Gasteiger charge is -2.09. The van der Waals surface area contributed by atoms with E-state index in [0.29, 0.717) is 6.61 Å². The second-order valence-electron chi connectivity index (χ2n) is 2.06. The van der Waals surface area contributed by atoms with Gasteiger partial charge in [-0.15, -0.1) is 0 Å². The summed E-state index contributed by atoms with van der Waals surface area (Å²) in [6.45, 7) is 0.651. The molecule has 1 aromatic rings. The SMILES string of the molecule is [c]1cc2c(cn1)OCC=C2. The lowest BCUT2D eigenvalue weighted by atomic mass is 10.2. The highest BCUT2D eigenvalue weighted by Gasteiger charge is 2.02. The molecule has 0 amide bonds. The van der Waals surface area contributed by atoms with Crippen LogP contribution in [0.15, 0.2) is 18.3 Å². The van der Waals surface area contributed by atoms with Gasteiger partial charge in [0.25, 0.3) is 0 Å². The van der Waals surface area contributed by atoms with Gasteiger partial charge in [-0.1, -0.05) is 6.08 Å². The van der Waals surface area contributed by atoms with Crippen LogP contribution in [0.2, 0.25) is 0 Å². The predicted octanol–water partition coefficient (Wildman–Crippen LogP) is 1.29. The first-order chi connectivity index (χ1) is 4.97. The number of rotatable bonds is 0. The first-order valence-electron chi connectivity index (χ1n) is 3.12. The summed E-state index contributed by atoms with van der Waals surface area (Å²) in [5.41, 5.74) is 1.06. The van der Waals surface area contributed by atoms with Gasteiger partial charge in [-0.25, -0.2) is 0 Å². The van der Waals surface area contributed by atoms with E-state index in [-0.39, 0.29) is 0 Å². The second-order valence-corrected chi connectivity index (χ2v) is 2.06. The summed E-state index contributed by atoms with van der Waals surface area (Å²) in [5.74, 6) is 0.848. The highest BCUT2D eigenvalue weighted by atomic mass is 16.5. The van der Waals surface area contributed by atoms with Crippen molar-refractivity contribution in [2.45, 2.75) is 0 Å². The molecule has 0 saturated heterocycles. The van der Waals surface area contributed by atoms with Gasteiger partial charge < -0.3 is 4.74 Å². The van der Waals surface area contributed by atoms with Gasteiger partial charge in [0.1, 0.15) is 12.4 Å². The topological polar surface area (TPSA) is 22.1 Å². The van der Waals surface area contributed by atoms with Gasteiger partial charge in [-0.2, -0.15) is 0 Å². The van der Waals surface area contributed by atoms with Crippen LogP contribution in [0.4, 0.5) is 0 Å². The van der Waals surface area contributed by atoms with E-state index >= 15 is 0 Å². The van der Waals surface area contributed by atoms with Crippen molar-refractivity contribution in [1.82, 2.24) is 4.98 Å². The Balaban J connectivity index is 2.54. The van der Waals surface area contributed by atoms with Gasteiger partial charge in [0.05, 0.1) is 12.4 Å². The number of aromatic nitrogens is 1. The molecule has 2 rings (SSSR count). The first-order valence-corrected chi connectivity index (χ1v) is 3.12. The van der Waals surface area contributed by atoms with Crippen molar-refractivity contribution in [3.63, 3.8) is 0 Å². The number of fused-ring (bicyclic) bond motifs is 1. The van der Waals surface area contributed by atoms with Gasteiger partial charge in [0.2, 0.25) is 0 Å². The highest BCUT2D eigenvalue weighted by Crippen LogP contribution is 2.20. The highest BCUT2D eigenvalue weighted by molar-refractivity contribution is 5.57. The average Bonchev–Trinajstić information content (AvgIpc) is 2.05. The molecule has 49 valence electrons. The summed E-state index contributed by atoms with van der Waals surface area (Å²) in [7, 11) is 0. The third-order valence-corrected chi connectivity index (χ3v) is 1.39. The van der Waals surface area contributed by atoms with E-state index in [4.69, 9.17) is 4.74 Å². The molecule has 0 bridgehead atoms. The summed E-state index contributed by atoms with van der Waals surface area (Å²) in [5, 5.41) is 0. The average molecular weight is 132 g/mol. The zero-order chi connectivity index (χ0) is 6.81. The Kier molecular flexibility index (Phi) is 1.17.